The van der Waals surface area contributed by atoms with Crippen LogP contribution >= 0.6 is 0 Å². The largest absolute Gasteiger partial charge is 0.420 e. The van der Waals surface area contributed by atoms with E-state index in [0.717, 1.165) is 38.0 Å². The second kappa shape index (κ2) is 5.90. The number of benzene rings is 1. The van der Waals surface area contributed by atoms with Crippen LogP contribution in [0, 0.1) is 0 Å². The van der Waals surface area contributed by atoms with Crippen molar-refractivity contribution in [3.05, 3.63) is 46.5 Å². The molecule has 1 aromatic heterocycles. The van der Waals surface area contributed by atoms with Gasteiger partial charge in [-0.2, -0.15) is 0 Å². The van der Waals surface area contributed by atoms with Crippen LogP contribution in [-0.4, -0.2) is 29.1 Å². The summed E-state index contributed by atoms with van der Waals surface area (Å²) in [5.74, 6) is -0.231. The lowest BCUT2D eigenvalue weighted by molar-refractivity contribution is 0.190. The molecule has 112 valence electrons. The zero-order valence-electron chi connectivity index (χ0n) is 12.7. The van der Waals surface area contributed by atoms with Gasteiger partial charge in [0.2, 0.25) is 0 Å². The third-order valence-corrected chi connectivity index (χ3v) is 4.12. The monoisotopic (exact) mass is 286 g/mol. The molecule has 1 aliphatic rings. The van der Waals surface area contributed by atoms with E-state index in [9.17, 15) is 4.79 Å². The van der Waals surface area contributed by atoms with E-state index in [1.165, 1.54) is 5.57 Å². The average molecular weight is 286 g/mol. The third kappa shape index (κ3) is 2.95. The van der Waals surface area contributed by atoms with Gasteiger partial charge < -0.3 is 4.42 Å². The molecule has 1 aliphatic heterocycles. The number of piperidine rings is 1. The summed E-state index contributed by atoms with van der Waals surface area (Å²) in [7, 11) is 0. The van der Waals surface area contributed by atoms with Crippen LogP contribution in [0.2, 0.25) is 0 Å². The molecule has 4 heteroatoms. The zero-order chi connectivity index (χ0) is 14.8. The van der Waals surface area contributed by atoms with Gasteiger partial charge in [-0.05, 0) is 45.4 Å². The molecule has 2 heterocycles. The number of nitrogens with zero attached hydrogens (tertiary/aromatic N) is 2. The first-order valence-electron chi connectivity index (χ1n) is 7.61. The van der Waals surface area contributed by atoms with Crippen LogP contribution in [0.15, 0.2) is 45.1 Å². The predicted octanol–water partition coefficient (Wildman–Crippen LogP) is 3.20. The molecule has 0 bridgehead atoms. The topological polar surface area (TPSA) is 38.4 Å². The molecule has 1 saturated heterocycles. The average Bonchev–Trinajstić information content (AvgIpc) is 2.81. The van der Waals surface area contributed by atoms with E-state index < -0.39 is 0 Å². The first-order chi connectivity index (χ1) is 10.1. The minimum absolute atomic E-state index is 0.209. The van der Waals surface area contributed by atoms with Gasteiger partial charge in [-0.3, -0.25) is 9.47 Å². The van der Waals surface area contributed by atoms with Crippen molar-refractivity contribution < 1.29 is 4.42 Å². The van der Waals surface area contributed by atoms with Gasteiger partial charge in [0.05, 0.1) is 11.6 Å². The van der Waals surface area contributed by atoms with Crippen molar-refractivity contribution >= 4 is 11.1 Å². The predicted molar refractivity (Wildman–Crippen MR) is 84.6 cm³/mol. The molecule has 21 heavy (non-hydrogen) atoms. The van der Waals surface area contributed by atoms with Crippen LogP contribution in [0.25, 0.3) is 11.1 Å². The summed E-state index contributed by atoms with van der Waals surface area (Å²) < 4.78 is 7.20. The highest BCUT2D eigenvalue weighted by Crippen LogP contribution is 2.24. The van der Waals surface area contributed by atoms with E-state index in [0.29, 0.717) is 5.58 Å². The van der Waals surface area contributed by atoms with Crippen molar-refractivity contribution in [1.82, 2.24) is 9.47 Å². The Labute approximate surface area is 124 Å². The molecule has 2 aromatic rings. The number of fused-ring (bicyclic) bond motifs is 1. The van der Waals surface area contributed by atoms with Crippen molar-refractivity contribution in [2.45, 2.75) is 32.7 Å². The summed E-state index contributed by atoms with van der Waals surface area (Å²) in [4.78, 5) is 14.6. The van der Waals surface area contributed by atoms with E-state index >= 15 is 0 Å². The summed E-state index contributed by atoms with van der Waals surface area (Å²) >= 11 is 0. The molecule has 0 radical (unpaired) electrons. The molecule has 0 N–H and O–H groups in total. The van der Waals surface area contributed by atoms with Gasteiger partial charge in [0.15, 0.2) is 5.58 Å². The van der Waals surface area contributed by atoms with Crippen LogP contribution < -0.4 is 5.76 Å². The normalized spacial score (nSPS) is 19.8. The van der Waals surface area contributed by atoms with Gasteiger partial charge in [-0.15, -0.1) is 0 Å². The number of para-hydroxylation sites is 2. The van der Waals surface area contributed by atoms with Gasteiger partial charge in [-0.25, -0.2) is 4.79 Å². The highest BCUT2D eigenvalue weighted by Gasteiger charge is 2.24. The Hall–Kier alpha value is -1.81. The highest BCUT2D eigenvalue weighted by molar-refractivity contribution is 5.72. The lowest BCUT2D eigenvalue weighted by Gasteiger charge is -2.32. The van der Waals surface area contributed by atoms with Crippen molar-refractivity contribution in [2.24, 2.45) is 0 Å². The number of hydrogen-bond acceptors (Lipinski definition) is 3. The molecule has 4 nitrogen and oxygen atoms in total. The Morgan fingerprint density at radius 2 is 2.19 bits per heavy atom. The molecule has 0 spiro atoms. The van der Waals surface area contributed by atoms with Crippen LogP contribution in [0.1, 0.15) is 32.7 Å². The molecule has 0 amide bonds. The van der Waals surface area contributed by atoms with Crippen LogP contribution in [0.5, 0.6) is 0 Å². The summed E-state index contributed by atoms with van der Waals surface area (Å²) in [6.45, 7) is 7.21. The maximum absolute atomic E-state index is 12.2. The Kier molecular flexibility index (Phi) is 3.97. The number of allylic oxidation sites excluding steroid dienone is 1. The van der Waals surface area contributed by atoms with E-state index in [4.69, 9.17) is 4.42 Å². The number of rotatable bonds is 3. The van der Waals surface area contributed by atoms with Crippen LogP contribution in [0.4, 0.5) is 0 Å². The Morgan fingerprint density at radius 1 is 1.38 bits per heavy atom. The zero-order valence-corrected chi connectivity index (χ0v) is 12.7. The number of likely N-dealkylation sites (tertiary alicyclic amines) is 1. The smallest absolute Gasteiger partial charge is 0.408 e. The van der Waals surface area contributed by atoms with Gasteiger partial charge in [0.1, 0.15) is 0 Å². The minimum Gasteiger partial charge on any atom is -0.408 e. The minimum atomic E-state index is -0.231. The van der Waals surface area contributed by atoms with Crippen molar-refractivity contribution in [3.63, 3.8) is 0 Å². The first kappa shape index (κ1) is 14.1. The molecule has 0 unspecified atom stereocenters. The standard InChI is InChI=1S/C17H22N2O2/c1-13(2)9-11-18-10-5-6-14(12-18)19-15-7-3-4-8-16(15)21-17(19)20/h3-4,7-9,14H,5-6,10-12H2,1-2H3/t14-/m1/s1. The molecular weight excluding hydrogens is 264 g/mol. The fraction of sp³-hybridized carbons (Fsp3) is 0.471. The fourth-order valence-electron chi connectivity index (χ4n) is 3.05. The second-order valence-electron chi connectivity index (χ2n) is 6.04. The molecule has 0 aliphatic carbocycles. The number of oxazole rings is 1. The van der Waals surface area contributed by atoms with Crippen molar-refractivity contribution in [1.29, 1.82) is 0 Å². The van der Waals surface area contributed by atoms with Crippen LogP contribution in [0.3, 0.4) is 0 Å². The van der Waals surface area contributed by atoms with Crippen molar-refractivity contribution in [2.75, 3.05) is 19.6 Å². The maximum atomic E-state index is 12.2. The lowest BCUT2D eigenvalue weighted by Crippen LogP contribution is -2.38. The van der Waals surface area contributed by atoms with Crippen molar-refractivity contribution in [3.8, 4) is 0 Å². The van der Waals surface area contributed by atoms with E-state index in [-0.39, 0.29) is 11.8 Å². The maximum Gasteiger partial charge on any atom is 0.420 e. The van der Waals surface area contributed by atoms with Crippen LogP contribution in [-0.2, 0) is 0 Å². The third-order valence-electron chi connectivity index (χ3n) is 4.12. The van der Waals surface area contributed by atoms with E-state index in [1.807, 2.05) is 28.8 Å². The fourth-order valence-corrected chi connectivity index (χ4v) is 3.05. The quantitative estimate of drug-likeness (QED) is 0.813. The van der Waals surface area contributed by atoms with E-state index in [1.54, 1.807) is 0 Å². The molecule has 3 rings (SSSR count). The Morgan fingerprint density at radius 3 is 3.00 bits per heavy atom. The SMILES string of the molecule is CC(C)=CCN1CCC[C@@H](n2c(=O)oc3ccccc32)C1. The molecule has 1 atom stereocenters. The molecule has 1 fully saturated rings. The summed E-state index contributed by atoms with van der Waals surface area (Å²) in [5, 5.41) is 0. The van der Waals surface area contributed by atoms with Gasteiger partial charge >= 0.3 is 5.76 Å². The summed E-state index contributed by atoms with van der Waals surface area (Å²) in [5.41, 5.74) is 2.93. The lowest BCUT2D eigenvalue weighted by atomic mass is 10.1. The summed E-state index contributed by atoms with van der Waals surface area (Å²) in [6, 6.07) is 7.89. The highest BCUT2D eigenvalue weighted by atomic mass is 16.4. The Balaban J connectivity index is 1.87. The van der Waals surface area contributed by atoms with E-state index in [2.05, 4.69) is 24.8 Å². The van der Waals surface area contributed by atoms with Gasteiger partial charge in [-0.1, -0.05) is 23.8 Å². The Bertz CT molecular complexity index is 707. The molecule has 1 aromatic carbocycles. The van der Waals surface area contributed by atoms with Gasteiger partial charge in [0, 0.05) is 13.1 Å². The summed E-state index contributed by atoms with van der Waals surface area (Å²) in [6.07, 6.45) is 4.40. The second-order valence-corrected chi connectivity index (χ2v) is 6.04. The number of aromatic nitrogens is 1. The first-order valence-corrected chi connectivity index (χ1v) is 7.61. The molecular formula is C17H22N2O2. The molecule has 0 saturated carbocycles. The van der Waals surface area contributed by atoms with Gasteiger partial charge in [0.25, 0.3) is 0 Å². The number of hydrogen-bond donors (Lipinski definition) is 0.